The van der Waals surface area contributed by atoms with Crippen LogP contribution in [0.25, 0.3) is 39.2 Å². The summed E-state index contributed by atoms with van der Waals surface area (Å²) in [7, 11) is 3.49. The molecule has 0 saturated carbocycles. The predicted molar refractivity (Wildman–Crippen MR) is 136 cm³/mol. The van der Waals surface area contributed by atoms with E-state index in [4.69, 9.17) is 10.5 Å². The molecule has 0 aliphatic carbocycles. The maximum atomic E-state index is 13.7. The second kappa shape index (κ2) is 8.72. The van der Waals surface area contributed by atoms with Crippen LogP contribution in [0.4, 0.5) is 10.2 Å². The first-order valence-corrected chi connectivity index (χ1v) is 11.3. The van der Waals surface area contributed by atoms with Gasteiger partial charge in [-0.3, -0.25) is 9.20 Å². The number of ether oxygens (including phenoxy) is 1. The molecule has 0 fully saturated rings. The van der Waals surface area contributed by atoms with E-state index in [0.29, 0.717) is 29.2 Å². The quantitative estimate of drug-likeness (QED) is 0.377. The Morgan fingerprint density at radius 3 is 2.58 bits per heavy atom. The van der Waals surface area contributed by atoms with Gasteiger partial charge in [-0.25, -0.2) is 19.3 Å². The van der Waals surface area contributed by atoms with Crippen molar-refractivity contribution in [2.75, 3.05) is 19.5 Å². The van der Waals surface area contributed by atoms with Gasteiger partial charge in [-0.2, -0.15) is 0 Å². The maximum absolute atomic E-state index is 13.7. The van der Waals surface area contributed by atoms with Crippen molar-refractivity contribution in [2.24, 2.45) is 7.05 Å². The van der Waals surface area contributed by atoms with Crippen LogP contribution in [-0.4, -0.2) is 49.1 Å². The third-order valence-electron chi connectivity index (χ3n) is 5.94. The first-order valence-electron chi connectivity index (χ1n) is 11.3. The number of carbonyl (C=O) groups excluding carboxylic acids is 1. The fourth-order valence-electron chi connectivity index (χ4n) is 4.30. The van der Waals surface area contributed by atoms with Crippen molar-refractivity contribution < 1.29 is 13.9 Å². The third kappa shape index (κ3) is 4.16. The number of fused-ring (bicyclic) bond motifs is 2. The summed E-state index contributed by atoms with van der Waals surface area (Å²) < 4.78 is 22.6. The SMILES string of the molecule is COCC(C)(C)NC(=O)c1cn2c(-c3ccc4ncn(C)c4c3)c(-c3ccc(F)cc3)nc(N)c2n1. The van der Waals surface area contributed by atoms with E-state index in [1.165, 1.54) is 12.1 Å². The zero-order valence-electron chi connectivity index (χ0n) is 20.4. The predicted octanol–water partition coefficient (Wildman–Crippen LogP) is 3.83. The number of benzene rings is 2. The minimum Gasteiger partial charge on any atom is -0.382 e. The van der Waals surface area contributed by atoms with E-state index in [9.17, 15) is 9.18 Å². The molecule has 3 N–H and O–H groups in total. The van der Waals surface area contributed by atoms with Crippen LogP contribution in [0.1, 0.15) is 24.3 Å². The van der Waals surface area contributed by atoms with Gasteiger partial charge >= 0.3 is 0 Å². The molecule has 9 nitrogen and oxygen atoms in total. The number of hydrogen-bond acceptors (Lipinski definition) is 6. The molecule has 3 heterocycles. The molecular formula is C26H26FN7O2. The Morgan fingerprint density at radius 2 is 1.86 bits per heavy atom. The van der Waals surface area contributed by atoms with E-state index < -0.39 is 5.54 Å². The van der Waals surface area contributed by atoms with Gasteiger partial charge in [-0.15, -0.1) is 0 Å². The molecule has 0 unspecified atom stereocenters. The lowest BCUT2D eigenvalue weighted by Gasteiger charge is -2.24. The largest absolute Gasteiger partial charge is 0.382 e. The van der Waals surface area contributed by atoms with E-state index in [-0.39, 0.29) is 23.2 Å². The highest BCUT2D eigenvalue weighted by molar-refractivity contribution is 5.95. The van der Waals surface area contributed by atoms with Crippen LogP contribution in [0.15, 0.2) is 55.0 Å². The van der Waals surface area contributed by atoms with E-state index in [2.05, 4.69) is 20.3 Å². The molecule has 0 atom stereocenters. The van der Waals surface area contributed by atoms with Crippen LogP contribution in [0, 0.1) is 5.82 Å². The number of halogens is 1. The van der Waals surface area contributed by atoms with Gasteiger partial charge in [0.05, 0.1) is 40.9 Å². The molecule has 0 aliphatic heterocycles. The second-order valence-corrected chi connectivity index (χ2v) is 9.35. The fraction of sp³-hybridized carbons (Fsp3) is 0.231. The summed E-state index contributed by atoms with van der Waals surface area (Å²) in [6, 6.07) is 11.9. The molecule has 1 amide bonds. The number of nitrogens with zero attached hydrogens (tertiary/aromatic N) is 5. The van der Waals surface area contributed by atoms with Crippen LogP contribution in [0.3, 0.4) is 0 Å². The van der Waals surface area contributed by atoms with Gasteiger partial charge in [-0.05, 0) is 50.2 Å². The molecule has 184 valence electrons. The van der Waals surface area contributed by atoms with Gasteiger partial charge in [0, 0.05) is 31.5 Å². The standard InChI is InChI=1S/C26H26FN7O2/c1-26(2,13-36-4)32-25(35)19-12-34-22(16-7-10-18-20(11-16)33(3)14-29-18)21(31-23(28)24(34)30-19)15-5-8-17(27)9-6-15/h5-12,14H,13H2,1-4H3,(H2,28,31)(H,32,35). The lowest BCUT2D eigenvalue weighted by molar-refractivity contribution is 0.0816. The zero-order chi connectivity index (χ0) is 25.6. The van der Waals surface area contributed by atoms with Crippen molar-refractivity contribution in [2.45, 2.75) is 19.4 Å². The summed E-state index contributed by atoms with van der Waals surface area (Å²) in [4.78, 5) is 26.6. The molecule has 5 aromatic rings. The summed E-state index contributed by atoms with van der Waals surface area (Å²) in [5, 5.41) is 2.94. The molecular weight excluding hydrogens is 461 g/mol. The van der Waals surface area contributed by atoms with Crippen LogP contribution in [0.2, 0.25) is 0 Å². The third-order valence-corrected chi connectivity index (χ3v) is 5.94. The number of hydrogen-bond donors (Lipinski definition) is 2. The van der Waals surface area contributed by atoms with Crippen LogP contribution in [0.5, 0.6) is 0 Å². The number of imidazole rings is 2. The summed E-state index contributed by atoms with van der Waals surface area (Å²) in [6.45, 7) is 4.06. The molecule has 0 aliphatic rings. The van der Waals surface area contributed by atoms with Crippen LogP contribution >= 0.6 is 0 Å². The number of aryl methyl sites for hydroxylation is 1. The van der Waals surface area contributed by atoms with Crippen molar-refractivity contribution in [3.63, 3.8) is 0 Å². The van der Waals surface area contributed by atoms with Gasteiger partial charge in [0.1, 0.15) is 11.5 Å². The maximum Gasteiger partial charge on any atom is 0.272 e. The topological polar surface area (TPSA) is 112 Å². The van der Waals surface area contributed by atoms with Gasteiger partial charge in [0.25, 0.3) is 5.91 Å². The molecule has 10 heteroatoms. The molecule has 0 saturated heterocycles. The Morgan fingerprint density at radius 1 is 1.14 bits per heavy atom. The minimum absolute atomic E-state index is 0.148. The Bertz CT molecular complexity index is 1600. The van der Waals surface area contributed by atoms with E-state index in [0.717, 1.165) is 16.6 Å². The van der Waals surface area contributed by atoms with Gasteiger partial charge in [-0.1, -0.05) is 6.07 Å². The Labute approximate surface area is 206 Å². The number of carbonyl (C=O) groups is 1. The van der Waals surface area contributed by atoms with Crippen molar-refractivity contribution in [1.29, 1.82) is 0 Å². The lowest BCUT2D eigenvalue weighted by Crippen LogP contribution is -2.46. The average molecular weight is 488 g/mol. The summed E-state index contributed by atoms with van der Waals surface area (Å²) in [6.07, 6.45) is 3.38. The van der Waals surface area contributed by atoms with Gasteiger partial charge < -0.3 is 20.4 Å². The van der Waals surface area contributed by atoms with E-state index in [1.54, 1.807) is 36.2 Å². The number of anilines is 1. The molecule has 0 bridgehead atoms. The molecule has 5 rings (SSSR count). The highest BCUT2D eigenvalue weighted by atomic mass is 19.1. The highest BCUT2D eigenvalue weighted by Crippen LogP contribution is 2.35. The second-order valence-electron chi connectivity index (χ2n) is 9.35. The fourth-order valence-corrected chi connectivity index (χ4v) is 4.30. The van der Waals surface area contributed by atoms with Gasteiger partial charge in [0.15, 0.2) is 11.5 Å². The summed E-state index contributed by atoms with van der Waals surface area (Å²) >= 11 is 0. The number of nitrogens with one attached hydrogen (secondary N) is 1. The van der Waals surface area contributed by atoms with E-state index >= 15 is 0 Å². The van der Waals surface area contributed by atoms with Gasteiger partial charge in [0.2, 0.25) is 0 Å². The molecule has 3 aromatic heterocycles. The van der Waals surface area contributed by atoms with E-state index in [1.807, 2.05) is 43.7 Å². The Kier molecular flexibility index (Phi) is 5.68. The number of methoxy groups -OCH3 is 1. The normalized spacial score (nSPS) is 11.9. The lowest BCUT2D eigenvalue weighted by atomic mass is 10.0. The smallest absolute Gasteiger partial charge is 0.272 e. The zero-order valence-corrected chi connectivity index (χ0v) is 20.4. The highest BCUT2D eigenvalue weighted by Gasteiger charge is 2.25. The number of rotatable bonds is 6. The monoisotopic (exact) mass is 487 g/mol. The van der Waals surface area contributed by atoms with Crippen molar-refractivity contribution >= 4 is 28.4 Å². The minimum atomic E-state index is -0.599. The number of amides is 1. The number of aromatic nitrogens is 5. The first kappa shape index (κ1) is 23.4. The van der Waals surface area contributed by atoms with Crippen molar-refractivity contribution in [1.82, 2.24) is 29.2 Å². The molecule has 2 aromatic carbocycles. The first-order chi connectivity index (χ1) is 17.2. The molecule has 36 heavy (non-hydrogen) atoms. The Balaban J connectivity index is 1.74. The van der Waals surface area contributed by atoms with Crippen molar-refractivity contribution in [3.05, 3.63) is 66.5 Å². The molecule has 0 radical (unpaired) electrons. The average Bonchev–Trinajstić information content (AvgIpc) is 3.44. The molecule has 0 spiro atoms. The number of nitrogen functional groups attached to an aromatic ring is 1. The summed E-state index contributed by atoms with van der Waals surface area (Å²) in [5.74, 6) is -0.572. The number of nitrogens with two attached hydrogens (primary N) is 1. The summed E-state index contributed by atoms with van der Waals surface area (Å²) in [5.41, 5.74) is 10.7. The Hall–Kier alpha value is -4.31. The van der Waals surface area contributed by atoms with Crippen LogP contribution < -0.4 is 11.1 Å². The van der Waals surface area contributed by atoms with Crippen molar-refractivity contribution in [3.8, 4) is 22.5 Å². The van der Waals surface area contributed by atoms with Crippen LogP contribution in [-0.2, 0) is 11.8 Å².